The number of amides is 1. The molecule has 230 valence electrons. The van der Waals surface area contributed by atoms with Gasteiger partial charge in [-0.1, -0.05) is 6.07 Å². The number of nitrogens with two attached hydrogens (primary N) is 2. The number of anilines is 2. The fourth-order valence-electron chi connectivity index (χ4n) is 4.00. The van der Waals surface area contributed by atoms with E-state index in [2.05, 4.69) is 15.3 Å². The minimum atomic E-state index is -0.989. The van der Waals surface area contributed by atoms with Gasteiger partial charge in [0.15, 0.2) is 0 Å². The number of carbonyl (C=O) groups excluding carboxylic acids is 4. The number of aromatic nitrogens is 2. The maximum atomic E-state index is 13.0. The highest BCUT2D eigenvalue weighted by molar-refractivity contribution is 5.98. The number of hydrogen-bond donors (Lipinski definition) is 3. The van der Waals surface area contributed by atoms with E-state index in [1.165, 1.54) is 24.3 Å². The Labute approximate surface area is 250 Å². The molecule has 43 heavy (non-hydrogen) atoms. The second-order valence-corrected chi connectivity index (χ2v) is 12.0. The van der Waals surface area contributed by atoms with Gasteiger partial charge in [0.05, 0.1) is 11.1 Å². The molecule has 5 N–H and O–H groups in total. The average molecular weight is 594 g/mol. The minimum Gasteiger partial charge on any atom is -0.460 e. The first-order valence-corrected chi connectivity index (χ1v) is 13.8. The summed E-state index contributed by atoms with van der Waals surface area (Å²) in [7, 11) is 0. The van der Waals surface area contributed by atoms with Crippen LogP contribution in [0.3, 0.4) is 0 Å². The topological polar surface area (TPSA) is 186 Å². The zero-order valence-corrected chi connectivity index (χ0v) is 25.4. The molecule has 0 saturated carbocycles. The third-order valence-electron chi connectivity index (χ3n) is 5.85. The van der Waals surface area contributed by atoms with Crippen LogP contribution in [-0.2, 0) is 30.4 Å². The van der Waals surface area contributed by atoms with Crippen molar-refractivity contribution in [1.82, 2.24) is 15.3 Å². The molecule has 0 aliphatic heterocycles. The summed E-state index contributed by atoms with van der Waals surface area (Å²) in [6.07, 6.45) is 0.553. The maximum Gasteiger partial charge on any atom is 0.338 e. The van der Waals surface area contributed by atoms with E-state index in [0.717, 1.165) is 0 Å². The highest BCUT2D eigenvalue weighted by atomic mass is 16.6. The summed E-state index contributed by atoms with van der Waals surface area (Å²) in [6, 6.07) is 10.0. The van der Waals surface area contributed by atoms with Gasteiger partial charge in [-0.3, -0.25) is 9.59 Å². The Hall–Kier alpha value is -4.74. The normalized spacial score (nSPS) is 12.3. The molecule has 3 aromatic rings. The number of hydrogen-bond acceptors (Lipinski definition) is 11. The van der Waals surface area contributed by atoms with Crippen molar-refractivity contribution >= 4 is 46.5 Å². The number of ether oxygens (including phenoxy) is 3. The zero-order chi connectivity index (χ0) is 31.9. The third kappa shape index (κ3) is 10.2. The number of nitrogen functional groups attached to an aromatic ring is 2. The lowest BCUT2D eigenvalue weighted by atomic mass is 10.1. The van der Waals surface area contributed by atoms with E-state index in [4.69, 9.17) is 25.7 Å². The van der Waals surface area contributed by atoms with Gasteiger partial charge in [-0.25, -0.2) is 14.6 Å². The zero-order valence-electron chi connectivity index (χ0n) is 25.4. The number of esters is 3. The Bertz CT molecular complexity index is 1490. The molecule has 0 radical (unpaired) electrons. The van der Waals surface area contributed by atoms with E-state index in [1.807, 2.05) is 0 Å². The van der Waals surface area contributed by atoms with E-state index in [0.29, 0.717) is 22.9 Å². The predicted molar refractivity (Wildman–Crippen MR) is 161 cm³/mol. The molecule has 1 atom stereocenters. The monoisotopic (exact) mass is 593 g/mol. The fraction of sp³-hybridized carbons (Fsp3) is 0.419. The van der Waals surface area contributed by atoms with Crippen LogP contribution in [0.2, 0.25) is 0 Å². The Morgan fingerprint density at radius 3 is 2.12 bits per heavy atom. The van der Waals surface area contributed by atoms with Gasteiger partial charge in [0.25, 0.3) is 5.91 Å². The molecule has 0 aliphatic rings. The molecule has 12 heteroatoms. The van der Waals surface area contributed by atoms with Crippen molar-refractivity contribution in [2.24, 2.45) is 0 Å². The molecule has 0 spiro atoms. The number of nitrogens with one attached hydrogen (secondary N) is 1. The molecular formula is C31H39N5O7. The van der Waals surface area contributed by atoms with Gasteiger partial charge in [-0.2, -0.15) is 4.98 Å². The molecule has 0 aliphatic carbocycles. The van der Waals surface area contributed by atoms with Crippen LogP contribution >= 0.6 is 0 Å². The Morgan fingerprint density at radius 2 is 1.49 bits per heavy atom. The quantitative estimate of drug-likeness (QED) is 0.227. The second kappa shape index (κ2) is 13.5. The minimum absolute atomic E-state index is 0.0261. The van der Waals surface area contributed by atoms with Crippen molar-refractivity contribution in [3.05, 3.63) is 59.2 Å². The number of fused-ring (bicyclic) bond motifs is 1. The van der Waals surface area contributed by atoms with Crippen molar-refractivity contribution in [3.8, 4) is 0 Å². The van der Waals surface area contributed by atoms with Crippen molar-refractivity contribution in [2.45, 2.75) is 84.7 Å². The Kier molecular flexibility index (Phi) is 10.3. The molecule has 0 unspecified atom stereocenters. The van der Waals surface area contributed by atoms with Gasteiger partial charge >= 0.3 is 17.9 Å². The summed E-state index contributed by atoms with van der Waals surface area (Å²) in [5, 5.41) is 3.28. The fourth-order valence-corrected chi connectivity index (χ4v) is 4.00. The van der Waals surface area contributed by atoms with Crippen LogP contribution in [0, 0.1) is 0 Å². The first kappa shape index (κ1) is 32.8. The van der Waals surface area contributed by atoms with Crippen LogP contribution < -0.4 is 16.8 Å². The van der Waals surface area contributed by atoms with E-state index >= 15 is 0 Å². The number of benzene rings is 2. The highest BCUT2D eigenvalue weighted by Crippen LogP contribution is 2.21. The molecule has 2 aromatic carbocycles. The lowest BCUT2D eigenvalue weighted by molar-refractivity contribution is -0.159. The van der Waals surface area contributed by atoms with Crippen LogP contribution in [0.25, 0.3) is 10.9 Å². The molecule has 0 bridgehead atoms. The predicted octanol–water partition coefficient (Wildman–Crippen LogP) is 4.10. The summed E-state index contributed by atoms with van der Waals surface area (Å²) >= 11 is 0. The molecule has 1 heterocycles. The van der Waals surface area contributed by atoms with Gasteiger partial charge in [0.1, 0.15) is 29.7 Å². The smallest absolute Gasteiger partial charge is 0.338 e. The number of nitrogens with zero attached hydrogens (tertiary/aromatic N) is 2. The largest absolute Gasteiger partial charge is 0.460 e. The summed E-state index contributed by atoms with van der Waals surface area (Å²) in [4.78, 5) is 58.6. The van der Waals surface area contributed by atoms with Crippen LogP contribution in [0.5, 0.6) is 0 Å². The van der Waals surface area contributed by atoms with E-state index < -0.39 is 41.1 Å². The molecule has 3 rings (SSSR count). The molecule has 12 nitrogen and oxygen atoms in total. The number of carbonyl (C=O) groups is 4. The van der Waals surface area contributed by atoms with Crippen molar-refractivity contribution in [2.75, 3.05) is 11.5 Å². The SMILES string of the molecule is CC(C)(C)OC(=O)CCC[C@H](NC(=O)c1ccc(C(=O)OCc2ccc3nc(N)nc(N)c3c2)cc1)C(=O)OC(C)(C)C. The van der Waals surface area contributed by atoms with Crippen LogP contribution in [-0.4, -0.2) is 51.0 Å². The van der Waals surface area contributed by atoms with Crippen molar-refractivity contribution in [3.63, 3.8) is 0 Å². The maximum absolute atomic E-state index is 13.0. The van der Waals surface area contributed by atoms with Crippen molar-refractivity contribution < 1.29 is 33.4 Å². The van der Waals surface area contributed by atoms with Gasteiger partial charge in [0, 0.05) is 17.4 Å². The lowest BCUT2D eigenvalue weighted by Crippen LogP contribution is -2.44. The van der Waals surface area contributed by atoms with Gasteiger partial charge in [-0.15, -0.1) is 0 Å². The standard InChI is InChI=1S/C31H39N5O7/c1-30(2,3)42-24(37)9-7-8-23(28(40)43-31(4,5)6)34-26(38)19-11-13-20(14-12-19)27(39)41-17-18-10-15-22-21(16-18)25(32)36-29(33)35-22/h10-16,23H,7-9,17H2,1-6H3,(H,34,38)(H4,32,33,35,36)/t23-/m0/s1. The van der Waals surface area contributed by atoms with E-state index in [-0.39, 0.29) is 42.3 Å². The summed E-state index contributed by atoms with van der Waals surface area (Å²) in [5.74, 6) is -1.85. The first-order valence-electron chi connectivity index (χ1n) is 13.8. The Morgan fingerprint density at radius 1 is 0.860 bits per heavy atom. The Balaban J connectivity index is 1.61. The van der Waals surface area contributed by atoms with Crippen LogP contribution in [0.1, 0.15) is 87.1 Å². The highest BCUT2D eigenvalue weighted by Gasteiger charge is 2.27. The lowest BCUT2D eigenvalue weighted by Gasteiger charge is -2.25. The molecule has 0 fully saturated rings. The first-order chi connectivity index (χ1) is 20.0. The van der Waals surface area contributed by atoms with Gasteiger partial charge in [-0.05, 0) is 96.3 Å². The summed E-state index contributed by atoms with van der Waals surface area (Å²) in [6.45, 7) is 10.5. The summed E-state index contributed by atoms with van der Waals surface area (Å²) < 4.78 is 16.2. The van der Waals surface area contributed by atoms with E-state index in [1.54, 1.807) is 59.7 Å². The molecule has 1 aromatic heterocycles. The van der Waals surface area contributed by atoms with Gasteiger partial charge in [0.2, 0.25) is 5.95 Å². The van der Waals surface area contributed by atoms with Crippen molar-refractivity contribution in [1.29, 1.82) is 0 Å². The second-order valence-electron chi connectivity index (χ2n) is 12.0. The molecule has 1 amide bonds. The third-order valence-corrected chi connectivity index (χ3v) is 5.85. The van der Waals surface area contributed by atoms with E-state index in [9.17, 15) is 19.2 Å². The van der Waals surface area contributed by atoms with Crippen LogP contribution in [0.15, 0.2) is 42.5 Å². The average Bonchev–Trinajstić information content (AvgIpc) is 2.89. The molecular weight excluding hydrogens is 554 g/mol. The molecule has 0 saturated heterocycles. The van der Waals surface area contributed by atoms with Gasteiger partial charge < -0.3 is 31.0 Å². The summed E-state index contributed by atoms with van der Waals surface area (Å²) in [5.41, 5.74) is 11.9. The number of rotatable bonds is 10. The van der Waals surface area contributed by atoms with Crippen LogP contribution in [0.4, 0.5) is 11.8 Å².